The van der Waals surface area contributed by atoms with Gasteiger partial charge in [0.2, 0.25) is 0 Å². The summed E-state index contributed by atoms with van der Waals surface area (Å²) >= 11 is 0. The molecular formula is C26H25N3O3. The van der Waals surface area contributed by atoms with E-state index in [-0.39, 0.29) is 12.0 Å². The third-order valence-corrected chi connectivity index (χ3v) is 5.98. The third kappa shape index (κ3) is 4.09. The number of ether oxygens (including phenoxy) is 1. The van der Waals surface area contributed by atoms with E-state index >= 15 is 0 Å². The van der Waals surface area contributed by atoms with Crippen LogP contribution in [0.3, 0.4) is 0 Å². The maximum absolute atomic E-state index is 12.9. The molecule has 0 bridgehead atoms. The Morgan fingerprint density at radius 2 is 1.91 bits per heavy atom. The average molecular weight is 428 g/mol. The van der Waals surface area contributed by atoms with Crippen LogP contribution in [0, 0.1) is 0 Å². The molecule has 6 heteroatoms. The molecule has 1 fully saturated rings. The molecular weight excluding hydrogens is 402 g/mol. The van der Waals surface area contributed by atoms with E-state index in [2.05, 4.69) is 15.4 Å². The summed E-state index contributed by atoms with van der Waals surface area (Å²) in [4.78, 5) is 15.2. The lowest BCUT2D eigenvalue weighted by Gasteiger charge is -2.33. The quantitative estimate of drug-likeness (QED) is 0.464. The van der Waals surface area contributed by atoms with Gasteiger partial charge in [0, 0.05) is 42.7 Å². The van der Waals surface area contributed by atoms with Crippen LogP contribution in [-0.4, -0.2) is 37.4 Å². The van der Waals surface area contributed by atoms with Crippen molar-refractivity contribution in [3.63, 3.8) is 0 Å². The van der Waals surface area contributed by atoms with Crippen molar-refractivity contribution in [2.75, 3.05) is 30.4 Å². The van der Waals surface area contributed by atoms with E-state index < -0.39 is 0 Å². The molecule has 0 aliphatic carbocycles. The molecule has 1 aliphatic heterocycles. The summed E-state index contributed by atoms with van der Waals surface area (Å²) in [5.74, 6) is 0.493. The fourth-order valence-corrected chi connectivity index (χ4v) is 4.20. The third-order valence-electron chi connectivity index (χ3n) is 5.98. The molecule has 0 radical (unpaired) electrons. The van der Waals surface area contributed by atoms with Crippen LogP contribution in [0.25, 0.3) is 22.2 Å². The fraction of sp³-hybridized carbons (Fsp3) is 0.231. The number of carbonyl (C=O) groups excluding carboxylic acids is 1. The zero-order chi connectivity index (χ0) is 21.9. The fourth-order valence-electron chi connectivity index (χ4n) is 4.20. The summed E-state index contributed by atoms with van der Waals surface area (Å²) < 4.78 is 11.1. The Hall–Kier alpha value is -3.64. The standard InChI is InChI=1S/C26H25N3O3/c1-31-22-8-5-15-29(17-22)21-12-10-20(11-13-21)27-26(30)19-9-14-24-23(16-19)25(32-28-24)18-6-3-2-4-7-18/h2-4,6-7,9-14,16,22H,5,8,15,17H2,1H3,(H,27,30). The summed E-state index contributed by atoms with van der Waals surface area (Å²) in [5.41, 5.74) is 4.11. The molecule has 1 saturated heterocycles. The number of hydrogen-bond donors (Lipinski definition) is 1. The van der Waals surface area contributed by atoms with Crippen LogP contribution in [0.15, 0.2) is 77.3 Å². The number of hydrogen-bond acceptors (Lipinski definition) is 5. The van der Waals surface area contributed by atoms with Gasteiger partial charge in [0.25, 0.3) is 5.91 Å². The van der Waals surface area contributed by atoms with Crippen molar-refractivity contribution in [1.82, 2.24) is 5.16 Å². The van der Waals surface area contributed by atoms with E-state index in [1.807, 2.05) is 66.7 Å². The largest absolute Gasteiger partial charge is 0.380 e. The average Bonchev–Trinajstić information content (AvgIpc) is 3.28. The van der Waals surface area contributed by atoms with Gasteiger partial charge in [-0.1, -0.05) is 35.5 Å². The number of anilines is 2. The number of nitrogens with one attached hydrogen (secondary N) is 1. The SMILES string of the molecule is COC1CCCN(c2ccc(NC(=O)c3ccc4noc(-c5ccccc5)c4c3)cc2)C1. The zero-order valence-corrected chi connectivity index (χ0v) is 18.0. The van der Waals surface area contributed by atoms with E-state index in [0.29, 0.717) is 11.3 Å². The van der Waals surface area contributed by atoms with Crippen LogP contribution in [0.1, 0.15) is 23.2 Å². The molecule has 1 unspecified atom stereocenters. The van der Waals surface area contributed by atoms with E-state index in [4.69, 9.17) is 9.26 Å². The zero-order valence-electron chi connectivity index (χ0n) is 18.0. The van der Waals surface area contributed by atoms with Crippen LogP contribution < -0.4 is 10.2 Å². The Labute approximate surface area is 186 Å². The maximum atomic E-state index is 12.9. The van der Waals surface area contributed by atoms with Gasteiger partial charge < -0.3 is 19.5 Å². The number of rotatable bonds is 5. The van der Waals surface area contributed by atoms with E-state index in [1.54, 1.807) is 13.2 Å². The molecule has 162 valence electrons. The van der Waals surface area contributed by atoms with Crippen LogP contribution in [0.2, 0.25) is 0 Å². The highest BCUT2D eigenvalue weighted by atomic mass is 16.5. The first kappa shape index (κ1) is 20.3. The number of carbonyl (C=O) groups is 1. The Bertz CT molecular complexity index is 1220. The molecule has 1 amide bonds. The minimum Gasteiger partial charge on any atom is -0.380 e. The number of nitrogens with zero attached hydrogens (tertiary/aromatic N) is 2. The topological polar surface area (TPSA) is 67.6 Å². The molecule has 1 aromatic heterocycles. The lowest BCUT2D eigenvalue weighted by Crippen LogP contribution is -2.39. The van der Waals surface area contributed by atoms with Crippen molar-refractivity contribution in [3.8, 4) is 11.3 Å². The first-order valence-electron chi connectivity index (χ1n) is 10.9. The molecule has 6 nitrogen and oxygen atoms in total. The van der Waals surface area contributed by atoms with Gasteiger partial charge in [0.15, 0.2) is 5.76 Å². The summed E-state index contributed by atoms with van der Waals surface area (Å²) in [7, 11) is 1.77. The maximum Gasteiger partial charge on any atom is 0.255 e. The van der Waals surface area contributed by atoms with Crippen molar-refractivity contribution in [3.05, 3.63) is 78.4 Å². The van der Waals surface area contributed by atoms with Gasteiger partial charge in [-0.25, -0.2) is 0 Å². The van der Waals surface area contributed by atoms with Gasteiger partial charge in [-0.15, -0.1) is 0 Å². The number of piperidine rings is 1. The molecule has 4 aromatic rings. The first-order chi connectivity index (χ1) is 15.7. The molecule has 1 atom stereocenters. The van der Waals surface area contributed by atoms with Crippen LogP contribution in [0.5, 0.6) is 0 Å². The monoisotopic (exact) mass is 427 g/mol. The van der Waals surface area contributed by atoms with Crippen LogP contribution >= 0.6 is 0 Å². The van der Waals surface area contributed by atoms with E-state index in [9.17, 15) is 4.79 Å². The second-order valence-corrected chi connectivity index (χ2v) is 8.06. The Morgan fingerprint density at radius 3 is 2.69 bits per heavy atom. The molecule has 0 spiro atoms. The predicted molar refractivity (Wildman–Crippen MR) is 126 cm³/mol. The Morgan fingerprint density at radius 1 is 1.09 bits per heavy atom. The number of benzene rings is 3. The van der Waals surface area contributed by atoms with Gasteiger partial charge in [0.1, 0.15) is 5.52 Å². The molecule has 1 aliphatic rings. The smallest absolute Gasteiger partial charge is 0.255 e. The second-order valence-electron chi connectivity index (χ2n) is 8.06. The van der Waals surface area contributed by atoms with Crippen molar-refractivity contribution in [1.29, 1.82) is 0 Å². The van der Waals surface area contributed by atoms with Gasteiger partial charge in [-0.2, -0.15) is 0 Å². The summed E-state index contributed by atoms with van der Waals surface area (Å²) in [6.07, 6.45) is 2.49. The Kier molecular flexibility index (Phi) is 5.60. The highest BCUT2D eigenvalue weighted by Gasteiger charge is 2.20. The number of amides is 1. The summed E-state index contributed by atoms with van der Waals surface area (Å²) in [6.45, 7) is 1.92. The summed E-state index contributed by atoms with van der Waals surface area (Å²) in [6, 6.07) is 23.2. The second kappa shape index (κ2) is 8.85. The Balaban J connectivity index is 1.32. The van der Waals surface area contributed by atoms with Crippen LogP contribution in [0.4, 0.5) is 11.4 Å². The molecule has 5 rings (SSSR count). The van der Waals surface area contributed by atoms with Gasteiger partial charge in [-0.3, -0.25) is 4.79 Å². The van der Waals surface area contributed by atoms with E-state index in [0.717, 1.165) is 53.8 Å². The predicted octanol–water partition coefficient (Wildman–Crippen LogP) is 5.36. The lowest BCUT2D eigenvalue weighted by molar-refractivity contribution is 0.0893. The number of methoxy groups -OCH3 is 1. The first-order valence-corrected chi connectivity index (χ1v) is 10.9. The van der Waals surface area contributed by atoms with Crippen molar-refractivity contribution in [2.24, 2.45) is 0 Å². The highest BCUT2D eigenvalue weighted by molar-refractivity contribution is 6.07. The lowest BCUT2D eigenvalue weighted by atomic mass is 10.1. The highest BCUT2D eigenvalue weighted by Crippen LogP contribution is 2.29. The van der Waals surface area contributed by atoms with E-state index in [1.165, 1.54) is 0 Å². The minimum atomic E-state index is -0.169. The van der Waals surface area contributed by atoms with Crippen LogP contribution in [-0.2, 0) is 4.74 Å². The minimum absolute atomic E-state index is 0.169. The van der Waals surface area contributed by atoms with Gasteiger partial charge in [-0.05, 0) is 55.3 Å². The number of fused-ring (bicyclic) bond motifs is 1. The van der Waals surface area contributed by atoms with Crippen molar-refractivity contribution >= 4 is 28.2 Å². The van der Waals surface area contributed by atoms with Gasteiger partial charge >= 0.3 is 0 Å². The molecule has 32 heavy (non-hydrogen) atoms. The molecule has 3 aromatic carbocycles. The normalized spacial score (nSPS) is 16.3. The van der Waals surface area contributed by atoms with Crippen molar-refractivity contribution < 1.29 is 14.1 Å². The molecule has 2 heterocycles. The number of aromatic nitrogens is 1. The van der Waals surface area contributed by atoms with Crippen molar-refractivity contribution in [2.45, 2.75) is 18.9 Å². The summed E-state index contributed by atoms with van der Waals surface area (Å²) in [5, 5.41) is 7.93. The van der Waals surface area contributed by atoms with Gasteiger partial charge in [0.05, 0.1) is 11.5 Å². The molecule has 1 N–H and O–H groups in total. The molecule has 0 saturated carbocycles.